The van der Waals surface area contributed by atoms with Crippen molar-refractivity contribution in [2.75, 3.05) is 13.1 Å². The second-order valence-electron chi connectivity index (χ2n) is 13.6. The lowest BCUT2D eigenvalue weighted by Crippen LogP contribution is -2.66. The van der Waals surface area contributed by atoms with Gasteiger partial charge in [0.15, 0.2) is 0 Å². The summed E-state index contributed by atoms with van der Waals surface area (Å²) in [6, 6.07) is 3.81. The van der Waals surface area contributed by atoms with Crippen LogP contribution in [0.2, 0.25) is 0 Å². The molecule has 2 aliphatic heterocycles. The van der Waals surface area contributed by atoms with Crippen molar-refractivity contribution in [2.24, 2.45) is 22.7 Å². The van der Waals surface area contributed by atoms with Crippen LogP contribution in [0.25, 0.3) is 0 Å². The highest BCUT2D eigenvalue weighted by Gasteiger charge is 2.85. The van der Waals surface area contributed by atoms with Gasteiger partial charge in [-0.25, -0.2) is 4.79 Å². The molecule has 37 heavy (non-hydrogen) atoms. The van der Waals surface area contributed by atoms with E-state index in [0.29, 0.717) is 17.9 Å². The number of carbonyl (C=O) groups excluding carboxylic acids is 1. The van der Waals surface area contributed by atoms with Crippen LogP contribution in [0.3, 0.4) is 0 Å². The van der Waals surface area contributed by atoms with Gasteiger partial charge in [-0.2, -0.15) is 0 Å². The summed E-state index contributed by atoms with van der Waals surface area (Å²) in [4.78, 5) is 26.6. The number of aliphatic hydroxyl groups is 1. The van der Waals surface area contributed by atoms with E-state index >= 15 is 0 Å². The molecule has 10 atom stereocenters. The maximum absolute atomic E-state index is 12.3. The van der Waals surface area contributed by atoms with Crippen LogP contribution in [0.4, 0.5) is 0 Å². The molecule has 6 fully saturated rings. The highest BCUT2D eigenvalue weighted by atomic mass is 16.7. The minimum absolute atomic E-state index is 0.0834. The highest BCUT2D eigenvalue weighted by Crippen LogP contribution is 2.78. The molecule has 202 valence electrons. The van der Waals surface area contributed by atoms with Crippen molar-refractivity contribution < 1.29 is 23.8 Å². The first-order valence-electron chi connectivity index (χ1n) is 14.5. The minimum atomic E-state index is -0.634. The van der Waals surface area contributed by atoms with Crippen LogP contribution >= 0.6 is 0 Å². The molecule has 7 rings (SSSR count). The summed E-state index contributed by atoms with van der Waals surface area (Å²) in [5.41, 5.74) is -0.839. The molecule has 0 bridgehead atoms. The average molecular weight is 512 g/mol. The van der Waals surface area contributed by atoms with Gasteiger partial charge in [-0.3, -0.25) is 4.79 Å². The van der Waals surface area contributed by atoms with Crippen molar-refractivity contribution in [2.45, 2.75) is 114 Å². The predicted molar refractivity (Wildman–Crippen MR) is 136 cm³/mol. The van der Waals surface area contributed by atoms with E-state index in [1.807, 2.05) is 6.07 Å². The SMILES string of the molecule is CC(=O)O[C@H]1[C@H]2O[C@]23[C@@H]2CC[C@]4(O)CC(N5CCCC5)CC[C@]4(C)[C@H]2CC[C@]3(C)[C@H]1c1ccc(=O)oc1. The zero-order valence-corrected chi connectivity index (χ0v) is 22.4. The lowest BCUT2D eigenvalue weighted by molar-refractivity contribution is -0.219. The van der Waals surface area contributed by atoms with Gasteiger partial charge < -0.3 is 23.9 Å². The summed E-state index contributed by atoms with van der Waals surface area (Å²) >= 11 is 0. The Bertz CT molecular complexity index is 1140. The molecule has 2 saturated heterocycles. The van der Waals surface area contributed by atoms with Gasteiger partial charge in [0, 0.05) is 30.4 Å². The summed E-state index contributed by atoms with van der Waals surface area (Å²) in [6.45, 7) is 8.49. The van der Waals surface area contributed by atoms with E-state index in [0.717, 1.165) is 44.1 Å². The second kappa shape index (κ2) is 7.92. The van der Waals surface area contributed by atoms with Crippen molar-refractivity contribution in [3.8, 4) is 0 Å². The molecule has 0 aromatic carbocycles. The molecule has 1 unspecified atom stereocenters. The van der Waals surface area contributed by atoms with Gasteiger partial charge >= 0.3 is 11.6 Å². The first-order valence-corrected chi connectivity index (χ1v) is 14.5. The molecule has 4 saturated carbocycles. The minimum Gasteiger partial charge on any atom is -0.459 e. The van der Waals surface area contributed by atoms with Crippen molar-refractivity contribution in [1.29, 1.82) is 0 Å². The molecule has 1 aromatic rings. The Labute approximate surface area is 218 Å². The van der Waals surface area contributed by atoms with Gasteiger partial charge in [0.1, 0.15) is 17.8 Å². The number of hydrogen-bond donors (Lipinski definition) is 1. The fraction of sp³-hybridized carbons (Fsp3) is 0.800. The molecule has 0 amide bonds. The Morgan fingerprint density at radius 3 is 2.49 bits per heavy atom. The molecular formula is C30H41NO6. The number of carbonyl (C=O) groups is 1. The monoisotopic (exact) mass is 511 g/mol. The Kier molecular flexibility index (Phi) is 5.21. The van der Waals surface area contributed by atoms with Crippen molar-refractivity contribution in [3.63, 3.8) is 0 Å². The van der Waals surface area contributed by atoms with Crippen molar-refractivity contribution in [3.05, 3.63) is 34.4 Å². The van der Waals surface area contributed by atoms with Crippen molar-refractivity contribution >= 4 is 5.97 Å². The standard InChI is InChI=1S/C30H41NO6/c1-18(32)36-25-24(19-6-7-23(33)35-17-19)28(3)12-9-21-22(30(28)26(25)37-30)10-13-29(34)16-20(8-11-27(21,29)2)31-14-4-5-15-31/h6-7,17,20-22,24-26,34H,4-5,8-16H2,1-3H3/t20?,21-,22+,24-,25+,26+,27+,28+,29-,30+/m0/s1. The molecule has 1 spiro atoms. The van der Waals surface area contributed by atoms with Gasteiger partial charge in [-0.1, -0.05) is 13.8 Å². The lowest BCUT2D eigenvalue weighted by atomic mass is 9.42. The third-order valence-electron chi connectivity index (χ3n) is 12.3. The number of ether oxygens (including phenoxy) is 2. The summed E-state index contributed by atoms with van der Waals surface area (Å²) < 4.78 is 18.0. The summed E-state index contributed by atoms with van der Waals surface area (Å²) in [5.74, 6) is 0.319. The van der Waals surface area contributed by atoms with Crippen LogP contribution in [0, 0.1) is 22.7 Å². The predicted octanol–water partition coefficient (Wildman–Crippen LogP) is 4.02. The Morgan fingerprint density at radius 1 is 1.05 bits per heavy atom. The van der Waals surface area contributed by atoms with E-state index in [1.54, 1.807) is 6.26 Å². The van der Waals surface area contributed by atoms with Crippen molar-refractivity contribution in [1.82, 2.24) is 4.90 Å². The average Bonchev–Trinajstić information content (AvgIpc) is 3.26. The van der Waals surface area contributed by atoms with E-state index in [-0.39, 0.29) is 40.0 Å². The number of epoxide rings is 1. The van der Waals surface area contributed by atoms with Gasteiger partial charge in [0.25, 0.3) is 0 Å². The maximum Gasteiger partial charge on any atom is 0.335 e. The van der Waals surface area contributed by atoms with E-state index in [2.05, 4.69) is 18.7 Å². The van der Waals surface area contributed by atoms with E-state index in [4.69, 9.17) is 13.9 Å². The summed E-state index contributed by atoms with van der Waals surface area (Å²) in [6.07, 6.45) is 10.4. The largest absolute Gasteiger partial charge is 0.459 e. The van der Waals surface area contributed by atoms with Crippen LogP contribution in [-0.2, 0) is 14.3 Å². The number of nitrogens with zero attached hydrogens (tertiary/aromatic N) is 1. The Balaban J connectivity index is 1.23. The Hall–Kier alpha value is -1.70. The molecule has 3 heterocycles. The molecule has 0 radical (unpaired) electrons. The molecule has 1 N–H and O–H groups in total. The third-order valence-corrected chi connectivity index (χ3v) is 12.3. The van der Waals surface area contributed by atoms with Gasteiger partial charge in [0.05, 0.1) is 11.9 Å². The van der Waals surface area contributed by atoms with Crippen LogP contribution < -0.4 is 5.63 Å². The number of fused-ring (bicyclic) bond motifs is 3. The molecule has 4 aliphatic carbocycles. The smallest absolute Gasteiger partial charge is 0.335 e. The molecule has 7 heteroatoms. The zero-order chi connectivity index (χ0) is 25.8. The number of likely N-dealkylation sites (tertiary alicyclic amines) is 1. The molecule has 6 aliphatic rings. The first-order chi connectivity index (χ1) is 17.6. The Morgan fingerprint density at radius 2 is 1.78 bits per heavy atom. The normalized spacial score (nSPS) is 50.5. The van der Waals surface area contributed by atoms with Gasteiger partial charge in [-0.05, 0) is 99.8 Å². The number of esters is 1. The zero-order valence-electron chi connectivity index (χ0n) is 22.4. The third kappa shape index (κ3) is 3.11. The summed E-state index contributed by atoms with van der Waals surface area (Å²) in [7, 11) is 0. The fourth-order valence-corrected chi connectivity index (χ4v) is 10.5. The number of hydrogen-bond acceptors (Lipinski definition) is 7. The van der Waals surface area contributed by atoms with Gasteiger partial charge in [0.2, 0.25) is 0 Å². The summed E-state index contributed by atoms with van der Waals surface area (Å²) in [5, 5.41) is 12.3. The quantitative estimate of drug-likeness (QED) is 0.484. The molecule has 1 aromatic heterocycles. The van der Waals surface area contributed by atoms with Crippen LogP contribution in [-0.4, -0.2) is 58.5 Å². The van der Waals surface area contributed by atoms with E-state index < -0.39 is 11.7 Å². The van der Waals surface area contributed by atoms with Crippen LogP contribution in [0.15, 0.2) is 27.6 Å². The van der Waals surface area contributed by atoms with Gasteiger partial charge in [-0.15, -0.1) is 0 Å². The highest BCUT2D eigenvalue weighted by molar-refractivity contribution is 5.66. The second-order valence-corrected chi connectivity index (χ2v) is 13.6. The van der Waals surface area contributed by atoms with Crippen LogP contribution in [0.5, 0.6) is 0 Å². The molecular weight excluding hydrogens is 470 g/mol. The fourth-order valence-electron chi connectivity index (χ4n) is 10.5. The topological polar surface area (TPSA) is 92.5 Å². The molecule has 7 nitrogen and oxygen atoms in total. The lowest BCUT2D eigenvalue weighted by Gasteiger charge is -2.64. The number of rotatable bonds is 3. The maximum atomic E-state index is 12.3. The first kappa shape index (κ1) is 24.3. The van der Waals surface area contributed by atoms with E-state index in [1.165, 1.54) is 45.3 Å². The van der Waals surface area contributed by atoms with Crippen LogP contribution in [0.1, 0.15) is 90.0 Å². The van der Waals surface area contributed by atoms with E-state index in [9.17, 15) is 14.7 Å².